The predicted octanol–water partition coefficient (Wildman–Crippen LogP) is 5.69. The van der Waals surface area contributed by atoms with Crippen LogP contribution in [0.4, 0.5) is 0 Å². The molecule has 5 heteroatoms. The standard InChI is InChI=1S/C21H24Cl2N2S/c22-17-12-18(23)14-19(13-17)26-24-20-15-21(20)7-10-25(11-8-21)9-6-16-4-2-1-3-5-16/h1-5,12-14,20,24H,6-11,15H2. The van der Waals surface area contributed by atoms with E-state index in [0.717, 1.165) is 11.3 Å². The molecule has 1 saturated carbocycles. The molecule has 4 rings (SSSR count). The van der Waals surface area contributed by atoms with Gasteiger partial charge in [0.05, 0.1) is 0 Å². The van der Waals surface area contributed by atoms with E-state index in [0.29, 0.717) is 21.5 Å². The Hall–Kier alpha value is -0.710. The highest BCUT2D eigenvalue weighted by molar-refractivity contribution is 7.97. The number of halogens is 2. The highest BCUT2D eigenvalue weighted by atomic mass is 35.5. The van der Waals surface area contributed by atoms with Crippen molar-refractivity contribution in [3.63, 3.8) is 0 Å². The van der Waals surface area contributed by atoms with E-state index in [-0.39, 0.29) is 0 Å². The molecule has 0 aromatic heterocycles. The van der Waals surface area contributed by atoms with Gasteiger partial charge in [-0.25, -0.2) is 0 Å². The van der Waals surface area contributed by atoms with Crippen molar-refractivity contribution in [2.75, 3.05) is 19.6 Å². The molecule has 1 N–H and O–H groups in total. The van der Waals surface area contributed by atoms with Crippen LogP contribution in [0.1, 0.15) is 24.8 Å². The Kier molecular flexibility index (Phi) is 5.82. The van der Waals surface area contributed by atoms with E-state index < -0.39 is 0 Å². The Bertz CT molecular complexity index is 725. The van der Waals surface area contributed by atoms with E-state index in [4.69, 9.17) is 23.2 Å². The van der Waals surface area contributed by atoms with E-state index in [1.807, 2.05) is 12.1 Å². The topological polar surface area (TPSA) is 15.3 Å². The van der Waals surface area contributed by atoms with E-state index >= 15 is 0 Å². The van der Waals surface area contributed by atoms with Crippen molar-refractivity contribution in [3.8, 4) is 0 Å². The number of hydrogen-bond acceptors (Lipinski definition) is 3. The van der Waals surface area contributed by atoms with Crippen molar-refractivity contribution < 1.29 is 0 Å². The summed E-state index contributed by atoms with van der Waals surface area (Å²) >= 11 is 13.8. The molecule has 138 valence electrons. The second kappa shape index (κ2) is 8.12. The van der Waals surface area contributed by atoms with Gasteiger partial charge in [-0.3, -0.25) is 4.72 Å². The number of hydrogen-bond donors (Lipinski definition) is 1. The molecular formula is C21H24Cl2N2S. The Morgan fingerprint density at radius 1 is 1.04 bits per heavy atom. The lowest BCUT2D eigenvalue weighted by atomic mass is 9.92. The Morgan fingerprint density at radius 2 is 1.73 bits per heavy atom. The normalized spacial score (nSPS) is 21.8. The number of rotatable bonds is 6. The van der Waals surface area contributed by atoms with Crippen molar-refractivity contribution in [1.29, 1.82) is 0 Å². The SMILES string of the molecule is Clc1cc(Cl)cc(SNC2CC23CCN(CCc2ccccc2)CC3)c1. The molecule has 1 heterocycles. The van der Waals surface area contributed by atoms with Crippen LogP contribution in [0.15, 0.2) is 53.4 Å². The summed E-state index contributed by atoms with van der Waals surface area (Å²) in [6, 6.07) is 17.1. The summed E-state index contributed by atoms with van der Waals surface area (Å²) in [7, 11) is 0. The highest BCUT2D eigenvalue weighted by Gasteiger charge is 2.54. The number of benzene rings is 2. The fraction of sp³-hybridized carbons (Fsp3) is 0.429. The first-order valence-corrected chi connectivity index (χ1v) is 10.8. The van der Waals surface area contributed by atoms with Gasteiger partial charge in [0, 0.05) is 27.5 Å². The summed E-state index contributed by atoms with van der Waals surface area (Å²) in [6.07, 6.45) is 5.05. The molecule has 1 aliphatic carbocycles. The largest absolute Gasteiger partial charge is 0.303 e. The van der Waals surface area contributed by atoms with Crippen molar-refractivity contribution in [2.24, 2.45) is 5.41 Å². The molecule has 26 heavy (non-hydrogen) atoms. The predicted molar refractivity (Wildman–Crippen MR) is 112 cm³/mol. The summed E-state index contributed by atoms with van der Waals surface area (Å²) in [5, 5.41) is 1.39. The van der Waals surface area contributed by atoms with Crippen LogP contribution in [-0.2, 0) is 6.42 Å². The third-order valence-corrected chi connectivity index (χ3v) is 7.07. The van der Waals surface area contributed by atoms with Gasteiger partial charge in [-0.05, 0) is 79.9 Å². The molecule has 1 unspecified atom stereocenters. The van der Waals surface area contributed by atoms with E-state index in [1.54, 1.807) is 18.0 Å². The minimum absolute atomic E-state index is 0.513. The minimum Gasteiger partial charge on any atom is -0.303 e. The second-order valence-electron chi connectivity index (χ2n) is 7.52. The summed E-state index contributed by atoms with van der Waals surface area (Å²) in [6.45, 7) is 3.62. The maximum atomic E-state index is 6.08. The van der Waals surface area contributed by atoms with Gasteiger partial charge in [-0.2, -0.15) is 0 Å². The van der Waals surface area contributed by atoms with Gasteiger partial charge in [0.25, 0.3) is 0 Å². The highest BCUT2D eigenvalue weighted by Crippen LogP contribution is 2.54. The van der Waals surface area contributed by atoms with E-state index in [1.165, 1.54) is 44.5 Å². The summed E-state index contributed by atoms with van der Waals surface area (Å²) in [4.78, 5) is 3.71. The monoisotopic (exact) mass is 406 g/mol. The first-order chi connectivity index (χ1) is 12.6. The van der Waals surface area contributed by atoms with Crippen LogP contribution in [-0.4, -0.2) is 30.6 Å². The zero-order valence-electron chi connectivity index (χ0n) is 14.8. The smallest absolute Gasteiger partial charge is 0.0432 e. The molecule has 2 nitrogen and oxygen atoms in total. The van der Waals surface area contributed by atoms with Crippen LogP contribution in [0.2, 0.25) is 10.0 Å². The van der Waals surface area contributed by atoms with Gasteiger partial charge < -0.3 is 4.90 Å². The maximum absolute atomic E-state index is 6.08. The lowest BCUT2D eigenvalue weighted by molar-refractivity contribution is 0.170. The van der Waals surface area contributed by atoms with Crippen LogP contribution < -0.4 is 4.72 Å². The lowest BCUT2D eigenvalue weighted by Gasteiger charge is -2.33. The first kappa shape index (κ1) is 18.6. The van der Waals surface area contributed by atoms with Crippen molar-refractivity contribution >= 4 is 35.1 Å². The lowest BCUT2D eigenvalue weighted by Crippen LogP contribution is -2.37. The molecule has 0 bridgehead atoms. The Balaban J connectivity index is 1.21. The zero-order valence-corrected chi connectivity index (χ0v) is 17.1. The summed E-state index contributed by atoms with van der Waals surface area (Å²) in [5.41, 5.74) is 1.95. The molecule has 1 saturated heterocycles. The minimum atomic E-state index is 0.513. The zero-order chi connectivity index (χ0) is 18.0. The molecule has 1 aliphatic heterocycles. The third kappa shape index (κ3) is 4.58. The van der Waals surface area contributed by atoms with Gasteiger partial charge in [-0.15, -0.1) is 0 Å². The number of nitrogens with one attached hydrogen (secondary N) is 1. The van der Waals surface area contributed by atoms with Gasteiger partial charge in [0.2, 0.25) is 0 Å². The van der Waals surface area contributed by atoms with Gasteiger partial charge in [0.1, 0.15) is 0 Å². The van der Waals surface area contributed by atoms with Gasteiger partial charge >= 0.3 is 0 Å². The summed E-state index contributed by atoms with van der Waals surface area (Å²) < 4.78 is 3.64. The fourth-order valence-corrected chi connectivity index (χ4v) is 5.59. The average Bonchev–Trinajstić information content (AvgIpc) is 3.32. The second-order valence-corrected chi connectivity index (χ2v) is 9.31. The molecule has 2 fully saturated rings. The quantitative estimate of drug-likeness (QED) is 0.620. The fourth-order valence-electron chi connectivity index (χ4n) is 3.95. The molecule has 0 amide bonds. The van der Waals surface area contributed by atoms with Crippen molar-refractivity contribution in [1.82, 2.24) is 9.62 Å². The van der Waals surface area contributed by atoms with Crippen LogP contribution in [0.25, 0.3) is 0 Å². The van der Waals surface area contributed by atoms with Gasteiger partial charge in [-0.1, -0.05) is 53.5 Å². The number of piperidine rings is 1. The molecule has 0 radical (unpaired) electrons. The first-order valence-electron chi connectivity index (χ1n) is 9.28. The maximum Gasteiger partial charge on any atom is 0.0432 e. The number of nitrogens with zero attached hydrogens (tertiary/aromatic N) is 1. The van der Waals surface area contributed by atoms with E-state index in [2.05, 4.69) is 40.0 Å². The molecule has 2 aliphatic rings. The molecule has 2 aromatic rings. The number of likely N-dealkylation sites (tertiary alicyclic amines) is 1. The van der Waals surface area contributed by atoms with Crippen LogP contribution in [0.5, 0.6) is 0 Å². The third-order valence-electron chi connectivity index (χ3n) is 5.76. The molecule has 1 spiro atoms. The Morgan fingerprint density at radius 3 is 2.42 bits per heavy atom. The Labute approximate surface area is 170 Å². The van der Waals surface area contributed by atoms with E-state index in [9.17, 15) is 0 Å². The molecule has 2 aromatic carbocycles. The van der Waals surface area contributed by atoms with Crippen molar-refractivity contribution in [3.05, 3.63) is 64.1 Å². The summed E-state index contributed by atoms with van der Waals surface area (Å²) in [5.74, 6) is 0. The van der Waals surface area contributed by atoms with Crippen LogP contribution >= 0.6 is 35.1 Å². The van der Waals surface area contributed by atoms with Crippen molar-refractivity contribution in [2.45, 2.75) is 36.6 Å². The molecule has 1 atom stereocenters. The van der Waals surface area contributed by atoms with Crippen LogP contribution in [0, 0.1) is 5.41 Å². The van der Waals surface area contributed by atoms with Crippen LogP contribution in [0.3, 0.4) is 0 Å². The average molecular weight is 407 g/mol. The van der Waals surface area contributed by atoms with Gasteiger partial charge in [0.15, 0.2) is 0 Å². The molecular weight excluding hydrogens is 383 g/mol.